The highest BCUT2D eigenvalue weighted by Gasteiger charge is 2.26. The summed E-state index contributed by atoms with van der Waals surface area (Å²) in [7, 11) is 0. The first-order chi connectivity index (χ1) is 6.79. The highest BCUT2D eigenvalue weighted by Crippen LogP contribution is 2.35. The maximum atomic E-state index is 3.10. The fourth-order valence-electron chi connectivity index (χ4n) is 2.38. The molecule has 0 aliphatic rings. The summed E-state index contributed by atoms with van der Waals surface area (Å²) in [6, 6.07) is 11.6. The summed E-state index contributed by atoms with van der Waals surface area (Å²) in [6.07, 6.45) is 5.03. The second kappa shape index (κ2) is 5.19. The SMILES string of the molecule is CCCC(CC)(CC)c1cc[c]cc1. The van der Waals surface area contributed by atoms with Crippen LogP contribution < -0.4 is 0 Å². The Hall–Kier alpha value is -0.780. The molecule has 14 heavy (non-hydrogen) atoms. The molecule has 0 heteroatoms. The Morgan fingerprint density at radius 2 is 1.64 bits per heavy atom. The van der Waals surface area contributed by atoms with Crippen LogP contribution in [-0.4, -0.2) is 0 Å². The van der Waals surface area contributed by atoms with E-state index in [1.165, 1.54) is 31.2 Å². The van der Waals surface area contributed by atoms with Crippen LogP contribution >= 0.6 is 0 Å². The minimum Gasteiger partial charge on any atom is -0.0654 e. The van der Waals surface area contributed by atoms with E-state index in [1.54, 1.807) is 0 Å². The zero-order valence-electron chi connectivity index (χ0n) is 9.64. The molecule has 0 saturated heterocycles. The third kappa shape index (κ3) is 2.17. The second-order valence-corrected chi connectivity index (χ2v) is 4.03. The minimum atomic E-state index is 0.407. The van der Waals surface area contributed by atoms with E-state index in [1.807, 2.05) is 12.1 Å². The molecule has 1 aromatic carbocycles. The number of hydrogen-bond donors (Lipinski definition) is 0. The van der Waals surface area contributed by atoms with Gasteiger partial charge in [-0.05, 0) is 36.3 Å². The fraction of sp³-hybridized carbons (Fsp3) is 0.571. The van der Waals surface area contributed by atoms with E-state index in [9.17, 15) is 0 Å². The molecule has 1 rings (SSSR count). The summed E-state index contributed by atoms with van der Waals surface area (Å²) in [5.74, 6) is 0. The molecule has 0 nitrogen and oxygen atoms in total. The lowest BCUT2D eigenvalue weighted by Crippen LogP contribution is -2.23. The highest BCUT2D eigenvalue weighted by molar-refractivity contribution is 5.24. The lowest BCUT2D eigenvalue weighted by atomic mass is 9.73. The molecular formula is C14H21. The fourth-order valence-corrected chi connectivity index (χ4v) is 2.38. The van der Waals surface area contributed by atoms with Gasteiger partial charge in [-0.2, -0.15) is 0 Å². The van der Waals surface area contributed by atoms with E-state index < -0.39 is 0 Å². The van der Waals surface area contributed by atoms with Crippen LogP contribution in [0.1, 0.15) is 52.0 Å². The summed E-state index contributed by atoms with van der Waals surface area (Å²) in [6.45, 7) is 6.88. The van der Waals surface area contributed by atoms with Crippen LogP contribution in [0.15, 0.2) is 24.3 Å². The standard InChI is InChI=1S/C14H21/c1-4-12-14(5-2,6-3)13-10-8-7-9-11-13/h8-11H,4-6,12H2,1-3H3. The summed E-state index contributed by atoms with van der Waals surface area (Å²) in [4.78, 5) is 0. The monoisotopic (exact) mass is 189 g/mol. The van der Waals surface area contributed by atoms with Crippen molar-refractivity contribution in [3.05, 3.63) is 35.9 Å². The smallest absolute Gasteiger partial charge is 0.00523 e. The van der Waals surface area contributed by atoms with Gasteiger partial charge in [0.2, 0.25) is 0 Å². The first-order valence-electron chi connectivity index (χ1n) is 5.75. The van der Waals surface area contributed by atoms with E-state index >= 15 is 0 Å². The van der Waals surface area contributed by atoms with Crippen LogP contribution in [0, 0.1) is 6.07 Å². The van der Waals surface area contributed by atoms with Gasteiger partial charge in [-0.15, -0.1) is 0 Å². The molecule has 0 fully saturated rings. The van der Waals surface area contributed by atoms with Gasteiger partial charge in [0, 0.05) is 0 Å². The topological polar surface area (TPSA) is 0 Å². The predicted octanol–water partition coefficient (Wildman–Crippen LogP) is 4.34. The lowest BCUT2D eigenvalue weighted by molar-refractivity contribution is 0.361. The Morgan fingerprint density at radius 1 is 1.07 bits per heavy atom. The summed E-state index contributed by atoms with van der Waals surface area (Å²) < 4.78 is 0. The van der Waals surface area contributed by atoms with Crippen molar-refractivity contribution in [1.29, 1.82) is 0 Å². The molecule has 1 radical (unpaired) electrons. The summed E-state index contributed by atoms with van der Waals surface area (Å²) in [5.41, 5.74) is 1.90. The second-order valence-electron chi connectivity index (χ2n) is 4.03. The van der Waals surface area contributed by atoms with E-state index in [2.05, 4.69) is 39.0 Å². The van der Waals surface area contributed by atoms with Crippen molar-refractivity contribution in [1.82, 2.24) is 0 Å². The number of rotatable bonds is 5. The summed E-state index contributed by atoms with van der Waals surface area (Å²) >= 11 is 0. The van der Waals surface area contributed by atoms with Gasteiger partial charge in [-0.3, -0.25) is 0 Å². The van der Waals surface area contributed by atoms with Crippen LogP contribution in [-0.2, 0) is 5.41 Å². The normalized spacial score (nSPS) is 11.6. The van der Waals surface area contributed by atoms with E-state index in [0.717, 1.165) is 0 Å². The third-order valence-electron chi connectivity index (χ3n) is 3.41. The summed E-state index contributed by atoms with van der Waals surface area (Å²) in [5, 5.41) is 0. The van der Waals surface area contributed by atoms with Crippen molar-refractivity contribution in [2.75, 3.05) is 0 Å². The lowest BCUT2D eigenvalue weighted by Gasteiger charge is -2.32. The molecule has 0 saturated carbocycles. The molecule has 0 spiro atoms. The zero-order chi connectivity index (χ0) is 10.4. The molecular weight excluding hydrogens is 168 g/mol. The van der Waals surface area contributed by atoms with Gasteiger partial charge in [0.25, 0.3) is 0 Å². The van der Waals surface area contributed by atoms with Crippen molar-refractivity contribution in [3.8, 4) is 0 Å². The van der Waals surface area contributed by atoms with E-state index in [0.29, 0.717) is 5.41 Å². The molecule has 0 heterocycles. The van der Waals surface area contributed by atoms with Crippen LogP contribution in [0.2, 0.25) is 0 Å². The Morgan fingerprint density at radius 3 is 2.07 bits per heavy atom. The maximum Gasteiger partial charge on any atom is -0.00523 e. The third-order valence-corrected chi connectivity index (χ3v) is 3.41. The molecule has 0 aromatic heterocycles. The minimum absolute atomic E-state index is 0.407. The molecule has 0 aliphatic carbocycles. The Kier molecular flexibility index (Phi) is 4.19. The predicted molar refractivity (Wildman–Crippen MR) is 62.4 cm³/mol. The van der Waals surface area contributed by atoms with Gasteiger partial charge in [0.15, 0.2) is 0 Å². The Balaban J connectivity index is 2.98. The number of benzene rings is 1. The molecule has 0 unspecified atom stereocenters. The molecule has 0 atom stereocenters. The number of hydrogen-bond acceptors (Lipinski definition) is 0. The van der Waals surface area contributed by atoms with Crippen LogP contribution in [0.25, 0.3) is 0 Å². The van der Waals surface area contributed by atoms with E-state index in [-0.39, 0.29) is 0 Å². The van der Waals surface area contributed by atoms with Gasteiger partial charge in [-0.1, -0.05) is 51.5 Å². The van der Waals surface area contributed by atoms with Crippen molar-refractivity contribution in [2.24, 2.45) is 0 Å². The van der Waals surface area contributed by atoms with Crippen molar-refractivity contribution < 1.29 is 0 Å². The van der Waals surface area contributed by atoms with Crippen molar-refractivity contribution >= 4 is 0 Å². The average molecular weight is 189 g/mol. The average Bonchev–Trinajstić information content (AvgIpc) is 2.27. The van der Waals surface area contributed by atoms with Crippen LogP contribution in [0.4, 0.5) is 0 Å². The first-order valence-corrected chi connectivity index (χ1v) is 5.75. The van der Waals surface area contributed by atoms with Crippen LogP contribution in [0.3, 0.4) is 0 Å². The molecule has 0 N–H and O–H groups in total. The van der Waals surface area contributed by atoms with Crippen LogP contribution in [0.5, 0.6) is 0 Å². The van der Waals surface area contributed by atoms with Gasteiger partial charge < -0.3 is 0 Å². The van der Waals surface area contributed by atoms with Gasteiger partial charge in [0.05, 0.1) is 0 Å². The largest absolute Gasteiger partial charge is 0.0654 e. The molecule has 0 aliphatic heterocycles. The van der Waals surface area contributed by atoms with Gasteiger partial charge >= 0.3 is 0 Å². The van der Waals surface area contributed by atoms with Crippen molar-refractivity contribution in [3.63, 3.8) is 0 Å². The molecule has 77 valence electrons. The van der Waals surface area contributed by atoms with Gasteiger partial charge in [0.1, 0.15) is 0 Å². The molecule has 1 aromatic rings. The maximum absolute atomic E-state index is 3.10. The zero-order valence-corrected chi connectivity index (χ0v) is 9.64. The highest BCUT2D eigenvalue weighted by atomic mass is 14.3. The van der Waals surface area contributed by atoms with Crippen molar-refractivity contribution in [2.45, 2.75) is 51.9 Å². The van der Waals surface area contributed by atoms with Gasteiger partial charge in [-0.25, -0.2) is 0 Å². The quantitative estimate of drug-likeness (QED) is 0.646. The Bertz CT molecular complexity index is 244. The first kappa shape index (κ1) is 11.3. The Labute approximate surface area is 88.4 Å². The van der Waals surface area contributed by atoms with E-state index in [4.69, 9.17) is 0 Å². The molecule has 0 amide bonds. The molecule has 0 bridgehead atoms.